The van der Waals surface area contributed by atoms with Crippen LogP contribution in [0.3, 0.4) is 0 Å². The van der Waals surface area contributed by atoms with E-state index >= 15 is 0 Å². The first-order valence-electron chi connectivity index (χ1n) is 5.52. The monoisotopic (exact) mass is 346 g/mol. The molecule has 0 fully saturated rings. The molecule has 1 aromatic rings. The molecule has 0 aliphatic heterocycles. The third-order valence-electron chi connectivity index (χ3n) is 2.23. The summed E-state index contributed by atoms with van der Waals surface area (Å²) in [5, 5.41) is -0.215. The first-order valence-corrected chi connectivity index (χ1v) is 7.61. The Morgan fingerprint density at radius 1 is 1.32 bits per heavy atom. The van der Waals surface area contributed by atoms with Gasteiger partial charge in [-0.3, -0.25) is 20.4 Å². The molecule has 1 aromatic carbocycles. The van der Waals surface area contributed by atoms with E-state index < -0.39 is 5.91 Å². The molecule has 0 spiro atoms. The molecule has 5 nitrogen and oxygen atoms in total. The molecule has 104 valence electrons. The molecule has 0 heterocycles. The fraction of sp³-hybridized carbons (Fsp3) is 0.333. The van der Waals surface area contributed by atoms with Crippen LogP contribution in [0.1, 0.15) is 6.92 Å². The number of hydrazine groups is 1. The molecular weight excluding hydrogens is 332 g/mol. The number of hydrogen-bond acceptors (Lipinski definition) is 4. The highest BCUT2D eigenvalue weighted by atomic mass is 79.9. The van der Waals surface area contributed by atoms with Gasteiger partial charge >= 0.3 is 0 Å². The minimum Gasteiger partial charge on any atom is -0.484 e. The van der Waals surface area contributed by atoms with Crippen LogP contribution >= 0.6 is 27.7 Å². The van der Waals surface area contributed by atoms with E-state index in [1.54, 1.807) is 19.1 Å². The Bertz CT molecular complexity index is 439. The number of carbonyl (C=O) groups is 2. The molecule has 19 heavy (non-hydrogen) atoms. The second-order valence-corrected chi connectivity index (χ2v) is 5.75. The molecule has 1 rings (SSSR count). The lowest BCUT2D eigenvalue weighted by Crippen LogP contribution is -2.46. The minimum atomic E-state index is -0.412. The number of nitrogens with one attached hydrogen (secondary N) is 2. The van der Waals surface area contributed by atoms with Gasteiger partial charge in [-0.2, -0.15) is 11.8 Å². The number of halogens is 1. The van der Waals surface area contributed by atoms with E-state index in [2.05, 4.69) is 26.8 Å². The summed E-state index contributed by atoms with van der Waals surface area (Å²) < 4.78 is 6.19. The predicted molar refractivity (Wildman–Crippen MR) is 78.9 cm³/mol. The molecule has 1 unspecified atom stereocenters. The van der Waals surface area contributed by atoms with E-state index in [1.807, 2.05) is 18.4 Å². The molecule has 7 heteroatoms. The minimum absolute atomic E-state index is 0.157. The zero-order valence-corrected chi connectivity index (χ0v) is 13.0. The van der Waals surface area contributed by atoms with E-state index in [-0.39, 0.29) is 17.8 Å². The van der Waals surface area contributed by atoms with Gasteiger partial charge in [0.25, 0.3) is 11.8 Å². The van der Waals surface area contributed by atoms with E-state index in [0.29, 0.717) is 5.75 Å². The second-order valence-electron chi connectivity index (χ2n) is 3.66. The van der Waals surface area contributed by atoms with Gasteiger partial charge < -0.3 is 4.74 Å². The highest BCUT2D eigenvalue weighted by Crippen LogP contribution is 2.15. The average Bonchev–Trinajstić information content (AvgIpc) is 2.43. The van der Waals surface area contributed by atoms with Crippen LogP contribution in [0.15, 0.2) is 28.7 Å². The molecule has 2 amide bonds. The van der Waals surface area contributed by atoms with Crippen molar-refractivity contribution >= 4 is 39.5 Å². The van der Waals surface area contributed by atoms with Crippen LogP contribution in [-0.4, -0.2) is 29.9 Å². The fourth-order valence-corrected chi connectivity index (χ4v) is 1.59. The highest BCUT2D eigenvalue weighted by molar-refractivity contribution is 9.10. The van der Waals surface area contributed by atoms with E-state index in [0.717, 1.165) is 4.47 Å². The number of benzene rings is 1. The normalized spacial score (nSPS) is 11.5. The van der Waals surface area contributed by atoms with Crippen LogP contribution in [-0.2, 0) is 9.59 Å². The summed E-state index contributed by atoms with van der Waals surface area (Å²) in [6, 6.07) is 7.11. The van der Waals surface area contributed by atoms with Crippen molar-refractivity contribution in [2.45, 2.75) is 12.2 Å². The third kappa shape index (κ3) is 5.98. The summed E-state index contributed by atoms with van der Waals surface area (Å²) in [5.74, 6) is -0.0729. The summed E-state index contributed by atoms with van der Waals surface area (Å²) in [5.41, 5.74) is 4.62. The number of carbonyl (C=O) groups excluding carboxylic acids is 2. The smallest absolute Gasteiger partial charge is 0.276 e. The van der Waals surface area contributed by atoms with Gasteiger partial charge in [0.05, 0.1) is 5.25 Å². The maximum Gasteiger partial charge on any atom is 0.276 e. The maximum atomic E-state index is 11.4. The number of hydrogen-bond donors (Lipinski definition) is 2. The lowest BCUT2D eigenvalue weighted by molar-refractivity contribution is -0.129. The molecule has 0 aliphatic rings. The Morgan fingerprint density at radius 2 is 1.95 bits per heavy atom. The molecule has 0 aliphatic carbocycles. The van der Waals surface area contributed by atoms with Crippen molar-refractivity contribution in [3.63, 3.8) is 0 Å². The number of ether oxygens (including phenoxy) is 1. The quantitative estimate of drug-likeness (QED) is 0.796. The summed E-state index contributed by atoms with van der Waals surface area (Å²) in [4.78, 5) is 22.8. The SMILES string of the molecule is CSC(C)C(=O)NNC(=O)COc1ccc(Br)cc1. The Balaban J connectivity index is 2.28. The van der Waals surface area contributed by atoms with E-state index in [9.17, 15) is 9.59 Å². The molecule has 0 bridgehead atoms. The lowest BCUT2D eigenvalue weighted by Gasteiger charge is -2.11. The Hall–Kier alpha value is -1.21. The topological polar surface area (TPSA) is 67.4 Å². The van der Waals surface area contributed by atoms with E-state index in [1.165, 1.54) is 11.8 Å². The van der Waals surface area contributed by atoms with Crippen molar-refractivity contribution < 1.29 is 14.3 Å². The number of amides is 2. The molecule has 0 saturated heterocycles. The van der Waals surface area contributed by atoms with Crippen LogP contribution < -0.4 is 15.6 Å². The summed E-state index contributed by atoms with van der Waals surface area (Å²) >= 11 is 4.70. The Kier molecular flexibility index (Phi) is 6.72. The number of rotatable bonds is 5. The van der Waals surface area contributed by atoms with Crippen molar-refractivity contribution in [1.82, 2.24) is 10.9 Å². The van der Waals surface area contributed by atoms with Gasteiger partial charge in [-0.15, -0.1) is 0 Å². The average molecular weight is 347 g/mol. The van der Waals surface area contributed by atoms with Gasteiger partial charge in [0.1, 0.15) is 5.75 Å². The summed E-state index contributed by atoms with van der Waals surface area (Å²) in [7, 11) is 0. The lowest BCUT2D eigenvalue weighted by atomic mass is 10.3. The first-order chi connectivity index (χ1) is 9.02. The van der Waals surface area contributed by atoms with Crippen LogP contribution in [0.4, 0.5) is 0 Å². The first kappa shape index (κ1) is 15.8. The zero-order valence-electron chi connectivity index (χ0n) is 10.6. The standard InChI is InChI=1S/C12H15BrN2O3S/c1-8(19-2)12(17)15-14-11(16)7-18-10-5-3-9(13)4-6-10/h3-6,8H,7H2,1-2H3,(H,14,16)(H,15,17). The van der Waals surface area contributed by atoms with Crippen LogP contribution in [0.2, 0.25) is 0 Å². The predicted octanol–water partition coefficient (Wildman–Crippen LogP) is 1.73. The second kappa shape index (κ2) is 8.06. The molecule has 0 aromatic heterocycles. The molecule has 2 N–H and O–H groups in total. The Morgan fingerprint density at radius 3 is 2.53 bits per heavy atom. The Labute approximate surface area is 124 Å². The third-order valence-corrected chi connectivity index (χ3v) is 3.68. The van der Waals surface area contributed by atoms with Gasteiger partial charge in [-0.1, -0.05) is 15.9 Å². The van der Waals surface area contributed by atoms with Gasteiger partial charge in [0.2, 0.25) is 0 Å². The van der Waals surface area contributed by atoms with Crippen LogP contribution in [0.25, 0.3) is 0 Å². The molecule has 1 atom stereocenters. The van der Waals surface area contributed by atoms with Crippen molar-refractivity contribution in [1.29, 1.82) is 0 Å². The fourth-order valence-electron chi connectivity index (χ4n) is 1.06. The van der Waals surface area contributed by atoms with Crippen molar-refractivity contribution in [2.75, 3.05) is 12.9 Å². The maximum absolute atomic E-state index is 11.4. The zero-order chi connectivity index (χ0) is 14.3. The van der Waals surface area contributed by atoms with Gasteiger partial charge in [-0.05, 0) is 37.4 Å². The van der Waals surface area contributed by atoms with Crippen molar-refractivity contribution in [3.8, 4) is 5.75 Å². The van der Waals surface area contributed by atoms with Crippen molar-refractivity contribution in [3.05, 3.63) is 28.7 Å². The largest absolute Gasteiger partial charge is 0.484 e. The molecule has 0 saturated carbocycles. The van der Waals surface area contributed by atoms with Crippen LogP contribution in [0, 0.1) is 0 Å². The van der Waals surface area contributed by atoms with E-state index in [4.69, 9.17) is 4.74 Å². The van der Waals surface area contributed by atoms with Gasteiger partial charge in [-0.25, -0.2) is 0 Å². The van der Waals surface area contributed by atoms with Crippen LogP contribution in [0.5, 0.6) is 5.75 Å². The number of thioether (sulfide) groups is 1. The molecular formula is C12H15BrN2O3S. The summed E-state index contributed by atoms with van der Waals surface area (Å²) in [6.45, 7) is 1.60. The van der Waals surface area contributed by atoms with Gasteiger partial charge in [0.15, 0.2) is 6.61 Å². The molecule has 0 radical (unpaired) electrons. The van der Waals surface area contributed by atoms with Gasteiger partial charge in [0, 0.05) is 4.47 Å². The van der Waals surface area contributed by atoms with Crippen molar-refractivity contribution in [2.24, 2.45) is 0 Å². The summed E-state index contributed by atoms with van der Waals surface area (Å²) in [6.07, 6.45) is 1.82. The highest BCUT2D eigenvalue weighted by Gasteiger charge is 2.11.